The summed E-state index contributed by atoms with van der Waals surface area (Å²) in [4.78, 5) is 39.2. The molecule has 10 heteroatoms. The molecule has 0 bridgehead atoms. The van der Waals surface area contributed by atoms with E-state index in [-0.39, 0.29) is 17.9 Å². The van der Waals surface area contributed by atoms with Crippen LogP contribution in [0.1, 0.15) is 16.7 Å². The maximum atomic E-state index is 13.2. The highest BCUT2D eigenvalue weighted by Crippen LogP contribution is 2.30. The van der Waals surface area contributed by atoms with Gasteiger partial charge in [0, 0.05) is 15.1 Å². The minimum Gasteiger partial charge on any atom is -0.488 e. The number of amides is 4. The van der Waals surface area contributed by atoms with Gasteiger partial charge in [-0.25, -0.2) is 9.69 Å². The van der Waals surface area contributed by atoms with Crippen molar-refractivity contribution in [1.82, 2.24) is 5.32 Å². The first kappa shape index (κ1) is 25.3. The lowest BCUT2D eigenvalue weighted by Crippen LogP contribution is -2.54. The minimum atomic E-state index is -0.859. The number of anilines is 1. The van der Waals surface area contributed by atoms with E-state index in [1.165, 1.54) is 12.1 Å². The molecule has 1 saturated heterocycles. The smallest absolute Gasteiger partial charge is 0.335 e. The second-order valence-electron chi connectivity index (χ2n) is 7.61. The predicted molar refractivity (Wildman–Crippen MR) is 140 cm³/mol. The zero-order valence-electron chi connectivity index (χ0n) is 18.1. The number of halogens is 4. The SMILES string of the molecule is Cc1ccc(N2C(=O)NC(=O)/C(=C/c3cc(Br)ccc3OCc3ccc(Cl)c(Cl)c3)C2=O)cc1Cl. The van der Waals surface area contributed by atoms with Gasteiger partial charge in [0.25, 0.3) is 11.8 Å². The van der Waals surface area contributed by atoms with Gasteiger partial charge in [-0.3, -0.25) is 14.9 Å². The third-order valence-corrected chi connectivity index (χ3v) is 6.80. The number of hydrogen-bond acceptors (Lipinski definition) is 4. The topological polar surface area (TPSA) is 75.7 Å². The van der Waals surface area contributed by atoms with Crippen LogP contribution in [-0.2, 0) is 16.2 Å². The van der Waals surface area contributed by atoms with Crippen molar-refractivity contribution in [2.24, 2.45) is 0 Å². The summed E-state index contributed by atoms with van der Waals surface area (Å²) in [5, 5.41) is 3.42. The van der Waals surface area contributed by atoms with Gasteiger partial charge in [0.2, 0.25) is 0 Å². The van der Waals surface area contributed by atoms with Gasteiger partial charge in [-0.15, -0.1) is 0 Å². The van der Waals surface area contributed by atoms with E-state index in [9.17, 15) is 14.4 Å². The number of nitrogens with zero attached hydrogens (tertiary/aromatic N) is 1. The van der Waals surface area contributed by atoms with Gasteiger partial charge in [0.1, 0.15) is 17.9 Å². The Morgan fingerprint density at radius 2 is 1.71 bits per heavy atom. The van der Waals surface area contributed by atoms with Crippen molar-refractivity contribution >= 4 is 80.3 Å². The average molecular weight is 595 g/mol. The third-order valence-electron chi connectivity index (χ3n) is 5.17. The largest absolute Gasteiger partial charge is 0.488 e. The number of carbonyl (C=O) groups is 3. The molecule has 35 heavy (non-hydrogen) atoms. The molecule has 1 fully saturated rings. The molecule has 3 aromatic carbocycles. The summed E-state index contributed by atoms with van der Waals surface area (Å²) in [7, 11) is 0. The molecule has 6 nitrogen and oxygen atoms in total. The molecule has 1 aliphatic heterocycles. The van der Waals surface area contributed by atoms with E-state index >= 15 is 0 Å². The number of rotatable bonds is 5. The molecule has 1 N–H and O–H groups in total. The van der Waals surface area contributed by atoms with E-state index in [1.807, 2.05) is 0 Å². The molecule has 4 rings (SSSR count). The van der Waals surface area contributed by atoms with Crippen molar-refractivity contribution in [2.45, 2.75) is 13.5 Å². The summed E-state index contributed by atoms with van der Waals surface area (Å²) in [6, 6.07) is 14.2. The molecule has 1 aliphatic rings. The lowest BCUT2D eigenvalue weighted by molar-refractivity contribution is -0.122. The third kappa shape index (κ3) is 5.54. The standard InChI is InChI=1S/C25H16BrCl3N2O4/c1-13-2-5-17(11-20(13)28)31-24(33)18(23(32)30-25(31)34)10-15-9-16(26)4-7-22(15)35-12-14-3-6-19(27)21(29)8-14/h2-11H,12H2,1H3,(H,30,32,34)/b18-10-. The Bertz CT molecular complexity index is 1410. The molecular weight excluding hydrogens is 579 g/mol. The first-order valence-electron chi connectivity index (χ1n) is 10.2. The van der Waals surface area contributed by atoms with E-state index in [4.69, 9.17) is 39.5 Å². The molecular formula is C25H16BrCl3N2O4. The van der Waals surface area contributed by atoms with Gasteiger partial charge in [-0.1, -0.05) is 62.9 Å². The van der Waals surface area contributed by atoms with Crippen LogP contribution in [0.2, 0.25) is 15.1 Å². The van der Waals surface area contributed by atoms with Crippen LogP contribution in [0.4, 0.5) is 10.5 Å². The van der Waals surface area contributed by atoms with Crippen molar-refractivity contribution < 1.29 is 19.1 Å². The highest BCUT2D eigenvalue weighted by molar-refractivity contribution is 9.10. The highest BCUT2D eigenvalue weighted by atomic mass is 79.9. The Balaban J connectivity index is 1.67. The van der Waals surface area contributed by atoms with E-state index in [2.05, 4.69) is 21.2 Å². The normalized spacial score (nSPS) is 14.9. The van der Waals surface area contributed by atoms with Crippen LogP contribution in [0.15, 0.2) is 64.6 Å². The van der Waals surface area contributed by atoms with Crippen LogP contribution in [0, 0.1) is 6.92 Å². The van der Waals surface area contributed by atoms with E-state index in [1.54, 1.807) is 55.5 Å². The number of ether oxygens (including phenoxy) is 1. The average Bonchev–Trinajstić information content (AvgIpc) is 2.80. The molecule has 178 valence electrons. The molecule has 3 aromatic rings. The Labute approximate surface area is 224 Å². The lowest BCUT2D eigenvalue weighted by Gasteiger charge is -2.26. The molecule has 0 aliphatic carbocycles. The molecule has 0 aromatic heterocycles. The van der Waals surface area contributed by atoms with Crippen LogP contribution >= 0.6 is 50.7 Å². The number of hydrogen-bond donors (Lipinski definition) is 1. The maximum Gasteiger partial charge on any atom is 0.335 e. The fourth-order valence-electron chi connectivity index (χ4n) is 3.32. The van der Waals surface area contributed by atoms with Crippen molar-refractivity contribution in [3.63, 3.8) is 0 Å². The number of carbonyl (C=O) groups excluding carboxylic acids is 3. The molecule has 0 unspecified atom stereocenters. The number of urea groups is 1. The van der Waals surface area contributed by atoms with E-state index < -0.39 is 17.8 Å². The second kappa shape index (κ2) is 10.4. The number of nitrogens with one attached hydrogen (secondary N) is 1. The fraction of sp³-hybridized carbons (Fsp3) is 0.0800. The quantitative estimate of drug-likeness (QED) is 0.256. The molecule has 0 spiro atoms. The van der Waals surface area contributed by atoms with Crippen LogP contribution in [-0.4, -0.2) is 17.8 Å². The van der Waals surface area contributed by atoms with Crippen LogP contribution < -0.4 is 15.0 Å². The summed E-state index contributed by atoms with van der Waals surface area (Å²) >= 11 is 21.6. The molecule has 0 atom stereocenters. The maximum absolute atomic E-state index is 13.2. The number of benzene rings is 3. The van der Waals surface area contributed by atoms with Gasteiger partial charge in [0.15, 0.2) is 0 Å². The Hall–Kier alpha value is -2.84. The Morgan fingerprint density at radius 3 is 2.43 bits per heavy atom. The van der Waals surface area contributed by atoms with Gasteiger partial charge >= 0.3 is 6.03 Å². The summed E-state index contributed by atoms with van der Waals surface area (Å²) in [5.41, 5.74) is 2.02. The molecule has 0 radical (unpaired) electrons. The number of barbiturate groups is 1. The second-order valence-corrected chi connectivity index (χ2v) is 9.75. The fourth-order valence-corrected chi connectivity index (χ4v) is 4.20. The first-order valence-corrected chi connectivity index (χ1v) is 12.1. The molecule has 1 heterocycles. The van der Waals surface area contributed by atoms with Crippen molar-refractivity contribution in [2.75, 3.05) is 4.90 Å². The highest BCUT2D eigenvalue weighted by Gasteiger charge is 2.37. The summed E-state index contributed by atoms with van der Waals surface area (Å²) in [6.07, 6.45) is 1.38. The monoisotopic (exact) mass is 592 g/mol. The zero-order valence-corrected chi connectivity index (χ0v) is 21.9. The Kier molecular flexibility index (Phi) is 7.52. The zero-order chi connectivity index (χ0) is 25.3. The van der Waals surface area contributed by atoms with Crippen molar-refractivity contribution in [1.29, 1.82) is 0 Å². The molecule has 4 amide bonds. The van der Waals surface area contributed by atoms with Crippen LogP contribution in [0.25, 0.3) is 6.08 Å². The first-order chi connectivity index (χ1) is 16.6. The predicted octanol–water partition coefficient (Wildman–Crippen LogP) is 6.96. The van der Waals surface area contributed by atoms with Crippen molar-refractivity contribution in [3.05, 3.63) is 96.4 Å². The van der Waals surface area contributed by atoms with E-state index in [0.29, 0.717) is 30.9 Å². The van der Waals surface area contributed by atoms with Gasteiger partial charge < -0.3 is 4.74 Å². The lowest BCUT2D eigenvalue weighted by atomic mass is 10.1. The number of imide groups is 2. The van der Waals surface area contributed by atoms with Gasteiger partial charge in [0.05, 0.1) is 15.7 Å². The van der Waals surface area contributed by atoms with Crippen LogP contribution in [0.5, 0.6) is 5.75 Å². The van der Waals surface area contributed by atoms with E-state index in [0.717, 1.165) is 16.0 Å². The Morgan fingerprint density at radius 1 is 0.943 bits per heavy atom. The van der Waals surface area contributed by atoms with Crippen molar-refractivity contribution in [3.8, 4) is 5.75 Å². The van der Waals surface area contributed by atoms with Gasteiger partial charge in [-0.2, -0.15) is 0 Å². The summed E-state index contributed by atoms with van der Waals surface area (Å²) < 4.78 is 6.64. The summed E-state index contributed by atoms with van der Waals surface area (Å²) in [5.74, 6) is -1.19. The minimum absolute atomic E-state index is 0.168. The number of aryl methyl sites for hydroxylation is 1. The van der Waals surface area contributed by atoms with Crippen LogP contribution in [0.3, 0.4) is 0 Å². The molecule has 0 saturated carbocycles. The summed E-state index contributed by atoms with van der Waals surface area (Å²) in [6.45, 7) is 1.97. The van der Waals surface area contributed by atoms with Gasteiger partial charge in [-0.05, 0) is 66.6 Å².